The first-order chi connectivity index (χ1) is 6.27. The minimum Gasteiger partial charge on any atom is -0.465 e. The summed E-state index contributed by atoms with van der Waals surface area (Å²) in [5, 5.41) is 0.424. The van der Waals surface area contributed by atoms with E-state index in [-0.39, 0.29) is 0 Å². The van der Waals surface area contributed by atoms with Crippen LogP contribution in [0.25, 0.3) is 0 Å². The number of esters is 1. The van der Waals surface area contributed by atoms with Gasteiger partial charge in [0.05, 0.1) is 13.3 Å². The summed E-state index contributed by atoms with van der Waals surface area (Å²) in [6.07, 6.45) is 1.84. The van der Waals surface area contributed by atoms with Crippen LogP contribution >= 0.6 is 11.3 Å². The van der Waals surface area contributed by atoms with E-state index in [1.165, 1.54) is 13.3 Å². The molecule has 1 aromatic rings. The molecular formula is C8H5NO3S. The smallest absolute Gasteiger partial charge is 0.349 e. The summed E-state index contributed by atoms with van der Waals surface area (Å²) in [4.78, 5) is 25.0. The Kier molecular flexibility index (Phi) is 3.17. The highest BCUT2D eigenvalue weighted by Crippen LogP contribution is 2.12. The second-order valence-corrected chi connectivity index (χ2v) is 2.94. The fourth-order valence-corrected chi connectivity index (χ4v) is 1.31. The number of methoxy groups -OCH3 is 1. The van der Waals surface area contributed by atoms with Crippen molar-refractivity contribution in [1.29, 1.82) is 0 Å². The molecule has 0 aromatic carbocycles. The zero-order valence-corrected chi connectivity index (χ0v) is 7.55. The second-order valence-electron chi connectivity index (χ2n) is 1.91. The van der Waals surface area contributed by atoms with E-state index in [0.717, 1.165) is 11.3 Å². The molecule has 0 aliphatic heterocycles. The van der Waals surface area contributed by atoms with Gasteiger partial charge in [0.1, 0.15) is 4.88 Å². The first kappa shape index (κ1) is 9.42. The molecule has 0 saturated carbocycles. The lowest BCUT2D eigenvalue weighted by Gasteiger charge is -1.89. The molecule has 0 amide bonds. The Balaban J connectivity index is 2.86. The first-order valence-electron chi connectivity index (χ1n) is 3.27. The van der Waals surface area contributed by atoms with Gasteiger partial charge in [-0.15, -0.1) is 0 Å². The van der Waals surface area contributed by atoms with Crippen molar-refractivity contribution in [3.05, 3.63) is 16.1 Å². The number of nitrogens with zero attached hydrogens (tertiary/aromatic N) is 1. The van der Waals surface area contributed by atoms with Gasteiger partial charge in [0.2, 0.25) is 0 Å². The molecule has 66 valence electrons. The largest absolute Gasteiger partial charge is 0.465 e. The Morgan fingerprint density at radius 3 is 3.15 bits per heavy atom. The summed E-state index contributed by atoms with van der Waals surface area (Å²) in [7, 11) is 1.29. The van der Waals surface area contributed by atoms with Crippen molar-refractivity contribution < 1.29 is 14.3 Å². The lowest BCUT2D eigenvalue weighted by molar-refractivity contribution is -0.103. The van der Waals surface area contributed by atoms with Crippen LogP contribution in [0, 0.1) is 11.8 Å². The molecular weight excluding hydrogens is 190 g/mol. The van der Waals surface area contributed by atoms with Crippen LogP contribution in [0.2, 0.25) is 0 Å². The van der Waals surface area contributed by atoms with Crippen molar-refractivity contribution in [2.75, 3.05) is 7.11 Å². The molecule has 4 nitrogen and oxygen atoms in total. The third-order valence-corrected chi connectivity index (χ3v) is 2.02. The number of ether oxygens (including phenoxy) is 1. The van der Waals surface area contributed by atoms with Gasteiger partial charge in [0.15, 0.2) is 11.3 Å². The number of carbonyl (C=O) groups is 2. The zero-order valence-electron chi connectivity index (χ0n) is 6.73. The van der Waals surface area contributed by atoms with Gasteiger partial charge in [-0.1, -0.05) is 11.3 Å². The monoisotopic (exact) mass is 195 g/mol. The number of carbonyl (C=O) groups excluding carboxylic acids is 2. The van der Waals surface area contributed by atoms with E-state index in [1.54, 1.807) is 0 Å². The summed E-state index contributed by atoms with van der Waals surface area (Å²) in [6, 6.07) is 0. The molecule has 0 radical (unpaired) electrons. The third-order valence-electron chi connectivity index (χ3n) is 1.13. The van der Waals surface area contributed by atoms with Crippen LogP contribution in [0.5, 0.6) is 0 Å². The highest BCUT2D eigenvalue weighted by molar-refractivity contribution is 7.14. The Morgan fingerprint density at radius 1 is 1.77 bits per heavy atom. The highest BCUT2D eigenvalue weighted by atomic mass is 32.1. The molecule has 0 atom stereocenters. The van der Waals surface area contributed by atoms with Gasteiger partial charge < -0.3 is 4.74 Å². The predicted octanol–water partition coefficient (Wildman–Crippen LogP) is 0.480. The summed E-state index contributed by atoms with van der Waals surface area (Å²) in [6.45, 7) is 0. The maximum atomic E-state index is 10.9. The Morgan fingerprint density at radius 2 is 2.54 bits per heavy atom. The molecule has 0 fully saturated rings. The van der Waals surface area contributed by atoms with Crippen LogP contribution in [-0.2, 0) is 9.53 Å². The SMILES string of the molecule is COC(=O)c1cnc(C#CC=O)s1. The Hall–Kier alpha value is -1.67. The normalized spacial score (nSPS) is 8.38. The predicted molar refractivity (Wildman–Crippen MR) is 46.4 cm³/mol. The van der Waals surface area contributed by atoms with Crippen molar-refractivity contribution in [3.63, 3.8) is 0 Å². The number of hydrogen-bond donors (Lipinski definition) is 0. The summed E-state index contributed by atoms with van der Waals surface area (Å²) >= 11 is 1.09. The quantitative estimate of drug-likeness (QED) is 0.371. The maximum Gasteiger partial charge on any atom is 0.349 e. The molecule has 0 unspecified atom stereocenters. The van der Waals surface area contributed by atoms with E-state index in [4.69, 9.17) is 0 Å². The van der Waals surface area contributed by atoms with E-state index in [1.807, 2.05) is 0 Å². The average Bonchev–Trinajstić information content (AvgIpc) is 2.62. The molecule has 0 saturated heterocycles. The molecule has 0 spiro atoms. The molecule has 0 N–H and O–H groups in total. The molecule has 1 aromatic heterocycles. The number of thiazole rings is 1. The van der Waals surface area contributed by atoms with Crippen LogP contribution in [0.1, 0.15) is 14.7 Å². The van der Waals surface area contributed by atoms with Crippen LogP contribution < -0.4 is 0 Å². The van der Waals surface area contributed by atoms with E-state index >= 15 is 0 Å². The van der Waals surface area contributed by atoms with Crippen LogP contribution in [0.3, 0.4) is 0 Å². The number of hydrogen-bond acceptors (Lipinski definition) is 5. The van der Waals surface area contributed by atoms with E-state index in [9.17, 15) is 9.59 Å². The number of aldehydes is 1. The minimum atomic E-state index is -0.448. The van der Waals surface area contributed by atoms with Crippen LogP contribution in [-0.4, -0.2) is 24.3 Å². The second kappa shape index (κ2) is 4.38. The van der Waals surface area contributed by atoms with Crippen molar-refractivity contribution >= 4 is 23.6 Å². The van der Waals surface area contributed by atoms with Gasteiger partial charge in [0.25, 0.3) is 0 Å². The fourth-order valence-electron chi connectivity index (χ4n) is 0.618. The molecule has 0 aliphatic carbocycles. The molecule has 1 heterocycles. The van der Waals surface area contributed by atoms with Gasteiger partial charge in [-0.3, -0.25) is 4.79 Å². The zero-order chi connectivity index (χ0) is 9.68. The van der Waals surface area contributed by atoms with Gasteiger partial charge in [-0.2, -0.15) is 0 Å². The Labute approximate surface area is 78.6 Å². The van der Waals surface area contributed by atoms with Crippen LogP contribution in [0.4, 0.5) is 0 Å². The molecule has 13 heavy (non-hydrogen) atoms. The summed E-state index contributed by atoms with van der Waals surface area (Å²) < 4.78 is 4.47. The number of aromatic nitrogens is 1. The van der Waals surface area contributed by atoms with E-state index in [2.05, 4.69) is 21.6 Å². The van der Waals surface area contributed by atoms with E-state index < -0.39 is 5.97 Å². The van der Waals surface area contributed by atoms with Crippen molar-refractivity contribution in [1.82, 2.24) is 4.98 Å². The van der Waals surface area contributed by atoms with Gasteiger partial charge in [-0.05, 0) is 11.8 Å². The molecule has 0 aliphatic rings. The maximum absolute atomic E-state index is 10.9. The van der Waals surface area contributed by atoms with Crippen molar-refractivity contribution in [3.8, 4) is 11.8 Å². The standard InChI is InChI=1S/C8H5NO3S/c1-12-8(11)6-5-9-7(13-6)3-2-4-10/h4-5H,1H3. The molecule has 1 rings (SSSR count). The van der Waals surface area contributed by atoms with Gasteiger partial charge in [-0.25, -0.2) is 9.78 Å². The number of rotatable bonds is 1. The summed E-state index contributed by atoms with van der Waals surface area (Å²) in [5.74, 6) is 4.23. The third kappa shape index (κ3) is 2.39. The van der Waals surface area contributed by atoms with Crippen LogP contribution in [0.15, 0.2) is 6.20 Å². The summed E-state index contributed by atoms with van der Waals surface area (Å²) in [5.41, 5.74) is 0. The molecule has 5 heteroatoms. The first-order valence-corrected chi connectivity index (χ1v) is 4.09. The van der Waals surface area contributed by atoms with Gasteiger partial charge >= 0.3 is 5.97 Å². The average molecular weight is 195 g/mol. The fraction of sp³-hybridized carbons (Fsp3) is 0.125. The Bertz CT molecular complexity index is 386. The van der Waals surface area contributed by atoms with Crippen molar-refractivity contribution in [2.45, 2.75) is 0 Å². The highest BCUT2D eigenvalue weighted by Gasteiger charge is 2.08. The van der Waals surface area contributed by atoms with E-state index in [0.29, 0.717) is 16.2 Å². The minimum absolute atomic E-state index is 0.373. The molecule has 0 bridgehead atoms. The topological polar surface area (TPSA) is 56.3 Å². The van der Waals surface area contributed by atoms with Gasteiger partial charge in [0, 0.05) is 0 Å². The lowest BCUT2D eigenvalue weighted by atomic mass is 10.6. The van der Waals surface area contributed by atoms with Crippen molar-refractivity contribution in [2.24, 2.45) is 0 Å². The lowest BCUT2D eigenvalue weighted by Crippen LogP contribution is -1.96.